The summed E-state index contributed by atoms with van der Waals surface area (Å²) in [5, 5.41) is 4.71. The lowest BCUT2D eigenvalue weighted by atomic mass is 10.0. The lowest BCUT2D eigenvalue weighted by Gasteiger charge is -2.12. The van der Waals surface area contributed by atoms with Gasteiger partial charge in [0, 0.05) is 57.1 Å². The molecule has 0 bridgehead atoms. The lowest BCUT2D eigenvalue weighted by molar-refractivity contribution is 1.14. The molecule has 6 nitrogen and oxygen atoms in total. The molecule has 0 saturated heterocycles. The molecule has 0 radical (unpaired) electrons. The van der Waals surface area contributed by atoms with Crippen molar-refractivity contribution in [2.24, 2.45) is 0 Å². The Morgan fingerprint density at radius 1 is 0.321 bits per heavy atom. The van der Waals surface area contributed by atoms with Crippen LogP contribution in [0.3, 0.4) is 0 Å². The maximum atomic E-state index is 5.10. The summed E-state index contributed by atoms with van der Waals surface area (Å²) in [6.07, 6.45) is 5.62. The first-order valence-corrected chi connectivity index (χ1v) is 18.7. The van der Waals surface area contributed by atoms with Gasteiger partial charge in [0.25, 0.3) is 0 Å². The highest BCUT2D eigenvalue weighted by atomic mass is 15.0. The fraction of sp³-hybridized carbons (Fsp3) is 0. The van der Waals surface area contributed by atoms with Gasteiger partial charge in [0.05, 0.1) is 39.3 Å². The molecule has 11 rings (SSSR count). The zero-order valence-corrected chi connectivity index (χ0v) is 30.2. The predicted octanol–water partition coefficient (Wildman–Crippen LogP) is 12.1. The fourth-order valence-corrected chi connectivity index (χ4v) is 8.08. The second kappa shape index (κ2) is 13.0. The van der Waals surface area contributed by atoms with E-state index in [9.17, 15) is 0 Å². The van der Waals surface area contributed by atoms with Crippen molar-refractivity contribution in [1.29, 1.82) is 0 Å². The van der Waals surface area contributed by atoms with E-state index in [2.05, 4.69) is 153 Å². The monoisotopic (exact) mass is 716 g/mol. The predicted molar refractivity (Wildman–Crippen MR) is 228 cm³/mol. The second-order valence-corrected chi connectivity index (χ2v) is 14.0. The molecule has 5 aromatic carbocycles. The molecule has 0 aliphatic rings. The minimum absolute atomic E-state index is 0.802. The van der Waals surface area contributed by atoms with Gasteiger partial charge in [-0.1, -0.05) is 84.9 Å². The molecule has 0 spiro atoms. The second-order valence-electron chi connectivity index (χ2n) is 14.0. The number of nitrogens with zero attached hydrogens (tertiary/aromatic N) is 6. The Morgan fingerprint density at radius 2 is 0.911 bits per heavy atom. The molecule has 0 unspecified atom stereocenters. The molecular formula is C50H32N6. The Bertz CT molecular complexity index is 3180. The molecule has 0 aliphatic heterocycles. The molecule has 262 valence electrons. The minimum Gasteiger partial charge on any atom is -0.309 e. The van der Waals surface area contributed by atoms with Crippen LogP contribution in [-0.4, -0.2) is 29.1 Å². The van der Waals surface area contributed by atoms with Gasteiger partial charge < -0.3 is 4.57 Å². The summed E-state index contributed by atoms with van der Waals surface area (Å²) in [6.45, 7) is 0. The summed E-state index contributed by atoms with van der Waals surface area (Å²) in [7, 11) is 0. The third-order valence-electron chi connectivity index (χ3n) is 10.7. The van der Waals surface area contributed by atoms with Gasteiger partial charge in [-0.15, -0.1) is 0 Å². The van der Waals surface area contributed by atoms with Crippen molar-refractivity contribution in [2.75, 3.05) is 0 Å². The van der Waals surface area contributed by atoms with Crippen molar-refractivity contribution >= 4 is 43.7 Å². The van der Waals surface area contributed by atoms with E-state index >= 15 is 0 Å². The van der Waals surface area contributed by atoms with E-state index in [0.717, 1.165) is 84.0 Å². The number of hydrogen-bond acceptors (Lipinski definition) is 4. The molecule has 11 aromatic rings. The number of hydrogen-bond donors (Lipinski definition) is 0. The minimum atomic E-state index is 0.802. The van der Waals surface area contributed by atoms with Crippen LogP contribution in [0.5, 0.6) is 0 Å². The average molecular weight is 717 g/mol. The first kappa shape index (κ1) is 31.8. The number of rotatable bonds is 6. The Morgan fingerprint density at radius 3 is 1.62 bits per heavy atom. The van der Waals surface area contributed by atoms with E-state index in [1.807, 2.05) is 48.7 Å². The first-order valence-electron chi connectivity index (χ1n) is 18.7. The van der Waals surface area contributed by atoms with Crippen molar-refractivity contribution in [2.45, 2.75) is 0 Å². The van der Waals surface area contributed by atoms with E-state index in [1.54, 1.807) is 12.4 Å². The van der Waals surface area contributed by atoms with Crippen LogP contribution in [0.2, 0.25) is 0 Å². The SMILES string of the molecule is c1ccc(-n2c3ccccc3c3cc(-c4ccc5c(c4)c4ccccc4n5-c4cccc(-c5cc(-c6ccccn6)nc(-c6ccccn6)c5)c4)cnc32)cc1. The largest absolute Gasteiger partial charge is 0.309 e. The number of aromatic nitrogens is 6. The molecule has 0 atom stereocenters. The normalized spacial score (nSPS) is 11.6. The first-order chi connectivity index (χ1) is 27.8. The van der Waals surface area contributed by atoms with Crippen molar-refractivity contribution in [1.82, 2.24) is 29.1 Å². The topological polar surface area (TPSA) is 61.4 Å². The molecular weight excluding hydrogens is 685 g/mol. The van der Waals surface area contributed by atoms with Crippen LogP contribution in [0.25, 0.3) is 100 Å². The Hall–Kier alpha value is -7.70. The Kier molecular flexibility index (Phi) is 7.38. The van der Waals surface area contributed by atoms with Gasteiger partial charge in [-0.3, -0.25) is 14.5 Å². The third-order valence-corrected chi connectivity index (χ3v) is 10.7. The van der Waals surface area contributed by atoms with Gasteiger partial charge in [0.2, 0.25) is 0 Å². The van der Waals surface area contributed by atoms with Crippen LogP contribution in [0, 0.1) is 0 Å². The zero-order chi connectivity index (χ0) is 37.0. The van der Waals surface area contributed by atoms with E-state index < -0.39 is 0 Å². The van der Waals surface area contributed by atoms with Gasteiger partial charge in [-0.2, -0.15) is 0 Å². The highest BCUT2D eigenvalue weighted by Gasteiger charge is 2.18. The standard InChI is InChI=1S/C50H32N6/c1-2-14-37(15-3-1)56-48-22-7-5-18-40(48)42-29-36(32-53-50(42)56)34-23-24-49-41(28-34)39-17-4-6-21-47(39)55(49)38-16-12-13-33(27-38)35-30-45(43-19-8-10-25-51-43)54-46(31-35)44-20-9-11-26-52-44/h1-32H. The molecule has 56 heavy (non-hydrogen) atoms. The van der Waals surface area contributed by atoms with Crippen molar-refractivity contribution in [3.63, 3.8) is 0 Å². The number of benzene rings is 5. The molecule has 6 heterocycles. The molecule has 6 aromatic heterocycles. The summed E-state index contributed by atoms with van der Waals surface area (Å²) < 4.78 is 4.62. The lowest BCUT2D eigenvalue weighted by Crippen LogP contribution is -1.96. The molecule has 0 fully saturated rings. The molecule has 0 N–H and O–H groups in total. The van der Waals surface area contributed by atoms with E-state index in [-0.39, 0.29) is 0 Å². The molecule has 0 aliphatic carbocycles. The average Bonchev–Trinajstić information content (AvgIpc) is 3.79. The van der Waals surface area contributed by atoms with Gasteiger partial charge >= 0.3 is 0 Å². The maximum absolute atomic E-state index is 5.10. The number of pyridine rings is 4. The Labute approximate surface area is 322 Å². The summed E-state index contributed by atoms with van der Waals surface area (Å²) in [4.78, 5) is 19.3. The van der Waals surface area contributed by atoms with Crippen LogP contribution in [0.4, 0.5) is 0 Å². The highest BCUT2D eigenvalue weighted by molar-refractivity contribution is 6.12. The smallest absolute Gasteiger partial charge is 0.145 e. The van der Waals surface area contributed by atoms with Gasteiger partial charge in [0.1, 0.15) is 5.65 Å². The zero-order valence-electron chi connectivity index (χ0n) is 30.2. The van der Waals surface area contributed by atoms with Gasteiger partial charge in [-0.05, 0) is 108 Å². The summed E-state index contributed by atoms with van der Waals surface area (Å²) in [5.41, 5.74) is 14.1. The van der Waals surface area contributed by atoms with Gasteiger partial charge in [-0.25, -0.2) is 9.97 Å². The maximum Gasteiger partial charge on any atom is 0.145 e. The summed E-state index contributed by atoms with van der Waals surface area (Å²) in [5.74, 6) is 0. The van der Waals surface area contributed by atoms with E-state index in [0.29, 0.717) is 0 Å². The Balaban J connectivity index is 1.05. The van der Waals surface area contributed by atoms with Gasteiger partial charge in [0.15, 0.2) is 0 Å². The van der Waals surface area contributed by atoms with Crippen LogP contribution in [0.1, 0.15) is 0 Å². The van der Waals surface area contributed by atoms with Crippen LogP contribution >= 0.6 is 0 Å². The van der Waals surface area contributed by atoms with E-state index in [4.69, 9.17) is 9.97 Å². The highest BCUT2D eigenvalue weighted by Crippen LogP contribution is 2.38. The van der Waals surface area contributed by atoms with E-state index in [1.165, 1.54) is 16.2 Å². The number of para-hydroxylation sites is 3. The van der Waals surface area contributed by atoms with Crippen LogP contribution in [-0.2, 0) is 0 Å². The quantitative estimate of drug-likeness (QED) is 0.172. The fourth-order valence-electron chi connectivity index (χ4n) is 8.08. The summed E-state index contributed by atoms with van der Waals surface area (Å²) in [6, 6.07) is 61.6. The number of fused-ring (bicyclic) bond motifs is 6. The molecule has 6 heteroatoms. The third kappa shape index (κ3) is 5.27. The summed E-state index contributed by atoms with van der Waals surface area (Å²) >= 11 is 0. The van der Waals surface area contributed by atoms with Crippen molar-refractivity contribution < 1.29 is 0 Å². The van der Waals surface area contributed by atoms with Crippen LogP contribution in [0.15, 0.2) is 195 Å². The van der Waals surface area contributed by atoms with Crippen molar-refractivity contribution in [3.8, 4) is 56.4 Å². The molecule has 0 amide bonds. The molecule has 0 saturated carbocycles. The van der Waals surface area contributed by atoms with Crippen LogP contribution < -0.4 is 0 Å². The van der Waals surface area contributed by atoms with Crippen molar-refractivity contribution in [3.05, 3.63) is 195 Å².